The summed E-state index contributed by atoms with van der Waals surface area (Å²) in [7, 11) is -0.437. The zero-order valence-electron chi connectivity index (χ0n) is 10.6. The minimum absolute atomic E-state index is 0.0635. The highest BCUT2D eigenvalue weighted by molar-refractivity contribution is 7.89. The first-order chi connectivity index (χ1) is 8.75. The number of carboxylic acid groups (broad SMARTS) is 1. The number of nitrogens with one attached hydrogen (secondary N) is 1. The SMILES string of the molecule is CN(C)S(=O)(=O)CCNc1cccc(Cl)c1C(=O)O. The molecule has 0 aromatic heterocycles. The molecule has 0 spiro atoms. The van der Waals surface area contributed by atoms with Crippen LogP contribution in [0.25, 0.3) is 0 Å². The van der Waals surface area contributed by atoms with Crippen molar-refractivity contribution < 1.29 is 18.3 Å². The molecule has 1 aromatic rings. The van der Waals surface area contributed by atoms with Crippen molar-refractivity contribution >= 4 is 33.3 Å². The molecule has 6 nitrogen and oxygen atoms in total. The minimum atomic E-state index is -3.32. The van der Waals surface area contributed by atoms with E-state index in [9.17, 15) is 13.2 Å². The maximum absolute atomic E-state index is 11.5. The van der Waals surface area contributed by atoms with Gasteiger partial charge in [-0.15, -0.1) is 0 Å². The number of benzene rings is 1. The Labute approximate surface area is 117 Å². The molecule has 0 radical (unpaired) electrons. The Morgan fingerprint density at radius 3 is 2.58 bits per heavy atom. The fourth-order valence-electron chi connectivity index (χ4n) is 1.39. The Morgan fingerprint density at radius 1 is 1.42 bits per heavy atom. The molecule has 8 heteroatoms. The van der Waals surface area contributed by atoms with Gasteiger partial charge in [0.05, 0.1) is 16.5 Å². The lowest BCUT2D eigenvalue weighted by molar-refractivity contribution is 0.0698. The normalized spacial score (nSPS) is 11.6. The largest absolute Gasteiger partial charge is 0.478 e. The van der Waals surface area contributed by atoms with E-state index in [2.05, 4.69) is 5.32 Å². The van der Waals surface area contributed by atoms with Crippen LogP contribution in [0.15, 0.2) is 18.2 Å². The predicted molar refractivity (Wildman–Crippen MR) is 74.4 cm³/mol. The zero-order valence-corrected chi connectivity index (χ0v) is 12.1. The quantitative estimate of drug-likeness (QED) is 0.828. The van der Waals surface area contributed by atoms with Crippen molar-refractivity contribution in [2.45, 2.75) is 0 Å². The van der Waals surface area contributed by atoms with Gasteiger partial charge in [-0.05, 0) is 12.1 Å². The maximum Gasteiger partial charge on any atom is 0.339 e. The fraction of sp³-hybridized carbons (Fsp3) is 0.364. The Bertz CT molecular complexity index is 572. The number of carbonyl (C=O) groups is 1. The van der Waals surface area contributed by atoms with Gasteiger partial charge in [0.25, 0.3) is 0 Å². The summed E-state index contributed by atoms with van der Waals surface area (Å²) in [5, 5.41) is 11.9. The Balaban J connectivity index is 2.80. The third-order valence-corrected chi connectivity index (χ3v) is 4.61. The van der Waals surface area contributed by atoms with E-state index in [1.807, 2.05) is 0 Å². The second-order valence-corrected chi connectivity index (χ2v) is 6.70. The van der Waals surface area contributed by atoms with Gasteiger partial charge in [-0.25, -0.2) is 17.5 Å². The molecule has 0 aliphatic heterocycles. The molecule has 0 fully saturated rings. The molecule has 1 rings (SSSR count). The number of anilines is 1. The fourth-order valence-corrected chi connectivity index (χ4v) is 2.37. The highest BCUT2D eigenvalue weighted by Crippen LogP contribution is 2.24. The Kier molecular flexibility index (Phi) is 5.16. The van der Waals surface area contributed by atoms with Crippen LogP contribution < -0.4 is 5.32 Å². The monoisotopic (exact) mass is 306 g/mol. The molecule has 0 saturated carbocycles. The maximum atomic E-state index is 11.5. The van der Waals surface area contributed by atoms with Crippen molar-refractivity contribution in [3.63, 3.8) is 0 Å². The lowest BCUT2D eigenvalue weighted by atomic mass is 10.2. The predicted octanol–water partition coefficient (Wildman–Crippen LogP) is 1.34. The van der Waals surface area contributed by atoms with Crippen LogP contribution in [-0.4, -0.2) is 50.2 Å². The third-order valence-electron chi connectivity index (χ3n) is 2.46. The molecule has 0 heterocycles. The summed E-state index contributed by atoms with van der Waals surface area (Å²) in [6.07, 6.45) is 0. The molecule has 0 aliphatic rings. The van der Waals surface area contributed by atoms with Crippen molar-refractivity contribution in [1.82, 2.24) is 4.31 Å². The third kappa shape index (κ3) is 4.09. The van der Waals surface area contributed by atoms with E-state index in [0.29, 0.717) is 5.69 Å². The zero-order chi connectivity index (χ0) is 14.6. The van der Waals surface area contributed by atoms with Crippen LogP contribution in [0.4, 0.5) is 5.69 Å². The molecular formula is C11H15ClN2O4S. The van der Waals surface area contributed by atoms with Crippen LogP contribution >= 0.6 is 11.6 Å². The van der Waals surface area contributed by atoms with Crippen molar-refractivity contribution in [3.8, 4) is 0 Å². The molecule has 1 aromatic carbocycles. The van der Waals surface area contributed by atoms with Crippen LogP contribution in [0.1, 0.15) is 10.4 Å². The topological polar surface area (TPSA) is 86.7 Å². The molecule has 106 valence electrons. The van der Waals surface area contributed by atoms with Gasteiger partial charge in [0.1, 0.15) is 5.56 Å². The van der Waals surface area contributed by atoms with E-state index in [1.165, 1.54) is 26.2 Å². The average Bonchev–Trinajstić information content (AvgIpc) is 2.27. The number of aromatic carboxylic acids is 1. The van der Waals surface area contributed by atoms with E-state index in [4.69, 9.17) is 16.7 Å². The number of nitrogens with zero attached hydrogens (tertiary/aromatic N) is 1. The van der Waals surface area contributed by atoms with Crippen molar-refractivity contribution in [1.29, 1.82) is 0 Å². The first-order valence-electron chi connectivity index (χ1n) is 5.41. The lowest BCUT2D eigenvalue weighted by Gasteiger charge is -2.13. The van der Waals surface area contributed by atoms with Gasteiger partial charge in [-0.1, -0.05) is 17.7 Å². The summed E-state index contributed by atoms with van der Waals surface area (Å²) in [5.74, 6) is -1.30. The van der Waals surface area contributed by atoms with Gasteiger partial charge in [-0.2, -0.15) is 0 Å². The molecule has 0 bridgehead atoms. The van der Waals surface area contributed by atoms with Gasteiger partial charge >= 0.3 is 5.97 Å². The molecule has 0 unspecified atom stereocenters. The van der Waals surface area contributed by atoms with Gasteiger partial charge in [0.15, 0.2) is 0 Å². The van der Waals surface area contributed by atoms with E-state index in [1.54, 1.807) is 6.07 Å². The smallest absolute Gasteiger partial charge is 0.339 e. The molecule has 19 heavy (non-hydrogen) atoms. The highest BCUT2D eigenvalue weighted by Gasteiger charge is 2.16. The summed E-state index contributed by atoms with van der Waals surface area (Å²) in [6, 6.07) is 4.60. The molecular weight excluding hydrogens is 292 g/mol. The number of hydrogen-bond donors (Lipinski definition) is 2. The Morgan fingerprint density at radius 2 is 2.05 bits per heavy atom. The van der Waals surface area contributed by atoms with Crippen molar-refractivity contribution in [3.05, 3.63) is 28.8 Å². The second-order valence-electron chi connectivity index (χ2n) is 3.99. The summed E-state index contributed by atoms with van der Waals surface area (Å²) in [5.41, 5.74) is 0.236. The van der Waals surface area contributed by atoms with Crippen molar-refractivity contribution in [2.24, 2.45) is 0 Å². The van der Waals surface area contributed by atoms with Crippen LogP contribution in [-0.2, 0) is 10.0 Å². The van der Waals surface area contributed by atoms with Gasteiger partial charge in [0, 0.05) is 20.6 Å². The van der Waals surface area contributed by atoms with E-state index in [0.717, 1.165) is 4.31 Å². The number of halogens is 1. The number of hydrogen-bond acceptors (Lipinski definition) is 4. The van der Waals surface area contributed by atoms with Gasteiger partial charge < -0.3 is 10.4 Å². The molecule has 0 atom stereocenters. The van der Waals surface area contributed by atoms with Crippen molar-refractivity contribution in [2.75, 3.05) is 31.7 Å². The van der Waals surface area contributed by atoms with Crippen LogP contribution in [0.5, 0.6) is 0 Å². The van der Waals surface area contributed by atoms with E-state index >= 15 is 0 Å². The van der Waals surface area contributed by atoms with Gasteiger partial charge in [-0.3, -0.25) is 0 Å². The molecule has 0 amide bonds. The molecule has 0 saturated heterocycles. The number of carboxylic acids is 1. The van der Waals surface area contributed by atoms with Crippen LogP contribution in [0.2, 0.25) is 5.02 Å². The van der Waals surface area contributed by atoms with E-state index < -0.39 is 16.0 Å². The van der Waals surface area contributed by atoms with E-state index in [-0.39, 0.29) is 22.9 Å². The summed E-state index contributed by atoms with van der Waals surface area (Å²) < 4.78 is 24.2. The minimum Gasteiger partial charge on any atom is -0.478 e. The van der Waals surface area contributed by atoms with Crippen LogP contribution in [0, 0.1) is 0 Å². The molecule has 0 aliphatic carbocycles. The first kappa shape index (κ1) is 15.7. The van der Waals surface area contributed by atoms with Crippen LogP contribution in [0.3, 0.4) is 0 Å². The summed E-state index contributed by atoms with van der Waals surface area (Å²) >= 11 is 5.80. The molecule has 2 N–H and O–H groups in total. The highest BCUT2D eigenvalue weighted by atomic mass is 35.5. The average molecular weight is 307 g/mol. The summed E-state index contributed by atoms with van der Waals surface area (Å²) in [6.45, 7) is 0.0983. The summed E-state index contributed by atoms with van der Waals surface area (Å²) in [4.78, 5) is 11.1. The Hall–Kier alpha value is -1.31. The number of rotatable bonds is 6. The van der Waals surface area contributed by atoms with Gasteiger partial charge in [0.2, 0.25) is 10.0 Å². The number of sulfonamides is 1. The lowest BCUT2D eigenvalue weighted by Crippen LogP contribution is -2.28. The first-order valence-corrected chi connectivity index (χ1v) is 7.40. The standard InChI is InChI=1S/C11H15ClN2O4S/c1-14(2)19(17,18)7-6-13-9-5-3-4-8(12)10(9)11(15)16/h3-5,13H,6-7H2,1-2H3,(H,15,16). The second kappa shape index (κ2) is 6.23.